The van der Waals surface area contributed by atoms with E-state index in [-0.39, 0.29) is 12.0 Å². The molecule has 1 aromatic carbocycles. The van der Waals surface area contributed by atoms with Crippen molar-refractivity contribution >= 4 is 5.91 Å². The van der Waals surface area contributed by atoms with E-state index in [1.54, 1.807) is 0 Å². The number of nitrogens with two attached hydrogens (primary N) is 1. The Hall–Kier alpha value is -1.75. The van der Waals surface area contributed by atoms with Crippen molar-refractivity contribution in [1.82, 2.24) is 5.32 Å². The first-order valence-corrected chi connectivity index (χ1v) is 6.96. The normalized spacial score (nSPS) is 20.1. The smallest absolute Gasteiger partial charge is 0.227 e. The highest BCUT2D eigenvalue weighted by Gasteiger charge is 2.30. The fourth-order valence-electron chi connectivity index (χ4n) is 1.98. The molecule has 0 bridgehead atoms. The number of carbonyl (C=O) groups excluding carboxylic acids is 1. The number of amides is 1. The molecule has 3 N–H and O–H groups in total. The van der Waals surface area contributed by atoms with Gasteiger partial charge in [-0.2, -0.15) is 0 Å². The first-order chi connectivity index (χ1) is 9.59. The number of fused-ring (bicyclic) bond motifs is 1. The van der Waals surface area contributed by atoms with E-state index in [2.05, 4.69) is 5.32 Å². The summed E-state index contributed by atoms with van der Waals surface area (Å²) in [5.74, 6) is 1.43. The molecule has 5 nitrogen and oxygen atoms in total. The van der Waals surface area contributed by atoms with E-state index >= 15 is 0 Å². The molecule has 110 valence electrons. The minimum absolute atomic E-state index is 0.0371. The number of ether oxygens (including phenoxy) is 2. The van der Waals surface area contributed by atoms with E-state index in [9.17, 15) is 4.79 Å². The number of rotatable bonds is 5. The van der Waals surface area contributed by atoms with Gasteiger partial charge in [-0.1, -0.05) is 19.1 Å². The lowest BCUT2D eigenvalue weighted by Crippen LogP contribution is -2.48. The Morgan fingerprint density at radius 1 is 1.45 bits per heavy atom. The molecule has 1 heterocycles. The standard InChI is InChI=1S/C15H22N2O3/c1-3-15(2,10-16)14(18)17-8-11-9-19-12-6-4-5-7-13(12)20-11/h4-7,11H,3,8-10,16H2,1-2H3,(H,17,18). The Morgan fingerprint density at radius 2 is 2.15 bits per heavy atom. The number of hydrogen-bond donors (Lipinski definition) is 2. The molecule has 1 amide bonds. The number of nitrogens with one attached hydrogen (secondary N) is 1. The molecule has 2 unspecified atom stereocenters. The first kappa shape index (κ1) is 14.7. The summed E-state index contributed by atoms with van der Waals surface area (Å²) < 4.78 is 11.4. The molecule has 1 aliphatic rings. The van der Waals surface area contributed by atoms with E-state index in [1.165, 1.54) is 0 Å². The molecule has 0 saturated carbocycles. The summed E-state index contributed by atoms with van der Waals surface area (Å²) in [6.45, 7) is 5.02. The summed E-state index contributed by atoms with van der Waals surface area (Å²) in [5, 5.41) is 2.90. The van der Waals surface area contributed by atoms with Crippen LogP contribution in [0.25, 0.3) is 0 Å². The molecular weight excluding hydrogens is 256 g/mol. The molecule has 5 heteroatoms. The maximum absolute atomic E-state index is 12.1. The Morgan fingerprint density at radius 3 is 2.80 bits per heavy atom. The molecule has 0 aliphatic carbocycles. The second kappa shape index (κ2) is 6.13. The molecule has 0 aromatic heterocycles. The van der Waals surface area contributed by atoms with Crippen LogP contribution in [0.5, 0.6) is 11.5 Å². The minimum atomic E-state index is -0.520. The Bertz CT molecular complexity index is 472. The SMILES string of the molecule is CCC(C)(CN)C(=O)NCC1COc2ccccc2O1. The lowest BCUT2D eigenvalue weighted by atomic mass is 9.86. The molecule has 20 heavy (non-hydrogen) atoms. The zero-order valence-electron chi connectivity index (χ0n) is 12.0. The lowest BCUT2D eigenvalue weighted by molar-refractivity contribution is -0.130. The molecular formula is C15H22N2O3. The topological polar surface area (TPSA) is 73.6 Å². The fraction of sp³-hybridized carbons (Fsp3) is 0.533. The van der Waals surface area contributed by atoms with Crippen molar-refractivity contribution in [2.45, 2.75) is 26.4 Å². The van der Waals surface area contributed by atoms with Gasteiger partial charge in [0.1, 0.15) is 12.7 Å². The van der Waals surface area contributed by atoms with E-state index in [0.29, 0.717) is 26.1 Å². The Balaban J connectivity index is 1.89. The molecule has 0 fully saturated rings. The van der Waals surface area contributed by atoms with Crippen molar-refractivity contribution < 1.29 is 14.3 Å². The van der Waals surface area contributed by atoms with Gasteiger partial charge in [-0.15, -0.1) is 0 Å². The van der Waals surface area contributed by atoms with Gasteiger partial charge in [-0.3, -0.25) is 4.79 Å². The van der Waals surface area contributed by atoms with Crippen LogP contribution in [-0.2, 0) is 4.79 Å². The molecule has 1 aromatic rings. The van der Waals surface area contributed by atoms with Crippen LogP contribution < -0.4 is 20.5 Å². The second-order valence-corrected chi connectivity index (χ2v) is 5.33. The number of benzene rings is 1. The highest BCUT2D eigenvalue weighted by atomic mass is 16.6. The monoisotopic (exact) mass is 278 g/mol. The lowest BCUT2D eigenvalue weighted by Gasteiger charge is -2.29. The van der Waals surface area contributed by atoms with Crippen molar-refractivity contribution in [3.8, 4) is 11.5 Å². The second-order valence-electron chi connectivity index (χ2n) is 5.33. The van der Waals surface area contributed by atoms with Crippen LogP contribution in [0.1, 0.15) is 20.3 Å². The fourth-order valence-corrected chi connectivity index (χ4v) is 1.98. The zero-order valence-corrected chi connectivity index (χ0v) is 12.0. The van der Waals surface area contributed by atoms with Crippen LogP contribution in [0.2, 0.25) is 0 Å². The van der Waals surface area contributed by atoms with Crippen molar-refractivity contribution in [1.29, 1.82) is 0 Å². The van der Waals surface area contributed by atoms with Crippen LogP contribution in [0, 0.1) is 5.41 Å². The maximum Gasteiger partial charge on any atom is 0.227 e. The van der Waals surface area contributed by atoms with Crippen molar-refractivity contribution in [2.24, 2.45) is 11.1 Å². The van der Waals surface area contributed by atoms with E-state index < -0.39 is 5.41 Å². The van der Waals surface area contributed by atoms with Gasteiger partial charge in [-0.25, -0.2) is 0 Å². The van der Waals surface area contributed by atoms with E-state index in [1.807, 2.05) is 38.1 Å². The van der Waals surface area contributed by atoms with Crippen LogP contribution in [0.3, 0.4) is 0 Å². The molecule has 2 atom stereocenters. The van der Waals surface area contributed by atoms with Crippen molar-refractivity contribution in [3.63, 3.8) is 0 Å². The summed E-state index contributed by atoms with van der Waals surface area (Å²) >= 11 is 0. The molecule has 2 rings (SSSR count). The Kier molecular flexibility index (Phi) is 4.49. The van der Waals surface area contributed by atoms with Crippen molar-refractivity contribution in [2.75, 3.05) is 19.7 Å². The van der Waals surface area contributed by atoms with Gasteiger partial charge in [0.25, 0.3) is 0 Å². The minimum Gasteiger partial charge on any atom is -0.486 e. The van der Waals surface area contributed by atoms with Crippen molar-refractivity contribution in [3.05, 3.63) is 24.3 Å². The van der Waals surface area contributed by atoms with Gasteiger partial charge in [0.2, 0.25) is 5.91 Å². The third kappa shape index (κ3) is 3.04. The van der Waals surface area contributed by atoms with Gasteiger partial charge in [-0.05, 0) is 25.5 Å². The summed E-state index contributed by atoms with van der Waals surface area (Å²) in [5.41, 5.74) is 5.15. The third-order valence-electron chi connectivity index (χ3n) is 3.84. The zero-order chi connectivity index (χ0) is 14.6. The van der Waals surface area contributed by atoms with Gasteiger partial charge in [0.05, 0.1) is 12.0 Å². The quantitative estimate of drug-likeness (QED) is 0.852. The van der Waals surface area contributed by atoms with E-state index in [0.717, 1.165) is 11.5 Å². The number of carbonyl (C=O) groups is 1. The van der Waals surface area contributed by atoms with E-state index in [4.69, 9.17) is 15.2 Å². The van der Waals surface area contributed by atoms with Crippen LogP contribution >= 0.6 is 0 Å². The summed E-state index contributed by atoms with van der Waals surface area (Å²) in [4.78, 5) is 12.1. The largest absolute Gasteiger partial charge is 0.486 e. The average molecular weight is 278 g/mol. The summed E-state index contributed by atoms with van der Waals surface area (Å²) in [6.07, 6.45) is 0.535. The Labute approximate surface area is 119 Å². The molecule has 1 aliphatic heterocycles. The summed E-state index contributed by atoms with van der Waals surface area (Å²) in [7, 11) is 0. The number of para-hydroxylation sites is 2. The van der Waals surface area contributed by atoms with Gasteiger partial charge < -0.3 is 20.5 Å². The van der Waals surface area contributed by atoms with Gasteiger partial charge in [0, 0.05) is 6.54 Å². The van der Waals surface area contributed by atoms with Gasteiger partial charge >= 0.3 is 0 Å². The maximum atomic E-state index is 12.1. The highest BCUT2D eigenvalue weighted by Crippen LogP contribution is 2.30. The molecule has 0 radical (unpaired) electrons. The van der Waals surface area contributed by atoms with Crippen LogP contribution in [-0.4, -0.2) is 31.7 Å². The van der Waals surface area contributed by atoms with Gasteiger partial charge in [0.15, 0.2) is 11.5 Å². The third-order valence-corrected chi connectivity index (χ3v) is 3.84. The first-order valence-electron chi connectivity index (χ1n) is 6.96. The predicted octanol–water partition coefficient (Wildman–Crippen LogP) is 1.32. The molecule has 0 saturated heterocycles. The summed E-state index contributed by atoms with van der Waals surface area (Å²) in [6, 6.07) is 7.52. The molecule has 0 spiro atoms. The van der Waals surface area contributed by atoms with Crippen LogP contribution in [0.4, 0.5) is 0 Å². The highest BCUT2D eigenvalue weighted by molar-refractivity contribution is 5.82. The average Bonchev–Trinajstić information content (AvgIpc) is 2.51. The number of hydrogen-bond acceptors (Lipinski definition) is 4. The predicted molar refractivity (Wildman–Crippen MR) is 76.8 cm³/mol. The van der Waals surface area contributed by atoms with Crippen LogP contribution in [0.15, 0.2) is 24.3 Å².